The largest absolute Gasteiger partial charge is 0.331 e. The summed E-state index contributed by atoms with van der Waals surface area (Å²) in [7, 11) is 1.68. The molecule has 0 aromatic heterocycles. The molecule has 0 fully saturated rings. The van der Waals surface area contributed by atoms with Crippen LogP contribution in [0.4, 0.5) is 5.69 Å². The summed E-state index contributed by atoms with van der Waals surface area (Å²) < 4.78 is 0. The van der Waals surface area contributed by atoms with Crippen molar-refractivity contribution in [2.24, 2.45) is 5.84 Å². The lowest BCUT2D eigenvalue weighted by Crippen LogP contribution is -2.36. The molecule has 0 bridgehead atoms. The minimum absolute atomic E-state index is 0.468. The first-order valence-corrected chi connectivity index (χ1v) is 4.85. The number of nitrogens with two attached hydrogens (primary N) is 1. The normalized spacial score (nSPS) is 9.71. The minimum Gasteiger partial charge on any atom is -0.331 e. The number of nitrogens with one attached hydrogen (secondary N) is 1. The fourth-order valence-corrected chi connectivity index (χ4v) is 1.31. The van der Waals surface area contributed by atoms with Crippen molar-refractivity contribution in [1.29, 1.82) is 0 Å². The molecule has 3 nitrogen and oxygen atoms in total. The van der Waals surface area contributed by atoms with E-state index >= 15 is 0 Å². The molecule has 1 aromatic carbocycles. The van der Waals surface area contributed by atoms with Crippen molar-refractivity contribution < 1.29 is 0 Å². The second-order valence-electron chi connectivity index (χ2n) is 3.00. The molecule has 3 N–H and O–H groups in total. The number of thiocarbonyl (C=S) groups is 1. The Morgan fingerprint density at radius 1 is 1.57 bits per heavy atom. The van der Waals surface area contributed by atoms with Crippen LogP contribution in [0.25, 0.3) is 0 Å². The molecule has 0 radical (unpaired) electrons. The van der Waals surface area contributed by atoms with Gasteiger partial charge in [0.1, 0.15) is 0 Å². The first kappa shape index (κ1) is 11.2. The van der Waals surface area contributed by atoms with E-state index in [0.29, 0.717) is 10.1 Å². The Kier molecular flexibility index (Phi) is 3.69. The van der Waals surface area contributed by atoms with Gasteiger partial charge in [-0.25, -0.2) is 5.84 Å². The minimum atomic E-state index is 0.468. The highest BCUT2D eigenvalue weighted by Gasteiger charge is 2.02. The second-order valence-corrected chi connectivity index (χ2v) is 3.82. The quantitative estimate of drug-likeness (QED) is 0.440. The maximum absolute atomic E-state index is 5.82. The Morgan fingerprint density at radius 2 is 2.21 bits per heavy atom. The number of hydrogen-bond donors (Lipinski definition) is 2. The van der Waals surface area contributed by atoms with Crippen molar-refractivity contribution in [1.82, 2.24) is 5.01 Å². The number of nitrogens with zero attached hydrogens (tertiary/aromatic N) is 1. The van der Waals surface area contributed by atoms with E-state index in [-0.39, 0.29) is 0 Å². The third-order valence-electron chi connectivity index (χ3n) is 1.75. The zero-order chi connectivity index (χ0) is 10.7. The summed E-state index contributed by atoms with van der Waals surface area (Å²) >= 11 is 10.8. The number of halogens is 1. The van der Waals surface area contributed by atoms with Crippen molar-refractivity contribution in [3.63, 3.8) is 0 Å². The molecule has 14 heavy (non-hydrogen) atoms. The van der Waals surface area contributed by atoms with Crippen molar-refractivity contribution in [2.75, 3.05) is 12.4 Å². The lowest BCUT2D eigenvalue weighted by molar-refractivity contribution is 0.548. The van der Waals surface area contributed by atoms with E-state index in [9.17, 15) is 0 Å². The fourth-order valence-electron chi connectivity index (χ4n) is 0.971. The predicted molar refractivity (Wildman–Crippen MR) is 64.4 cm³/mol. The standard InChI is InChI=1S/C9H12ClN3S/c1-6-5-7(10)3-4-8(6)12-9(14)13(2)11/h3-5H,11H2,1-2H3,(H,12,14). The van der Waals surface area contributed by atoms with Gasteiger partial charge in [-0.15, -0.1) is 0 Å². The first-order chi connectivity index (χ1) is 6.50. The van der Waals surface area contributed by atoms with Crippen LogP contribution in [-0.4, -0.2) is 17.2 Å². The Morgan fingerprint density at radius 3 is 2.71 bits per heavy atom. The van der Waals surface area contributed by atoms with Gasteiger partial charge >= 0.3 is 0 Å². The van der Waals surface area contributed by atoms with Gasteiger partial charge in [0.25, 0.3) is 0 Å². The van der Waals surface area contributed by atoms with Gasteiger partial charge in [-0.3, -0.25) is 5.01 Å². The van der Waals surface area contributed by atoms with Crippen LogP contribution >= 0.6 is 23.8 Å². The topological polar surface area (TPSA) is 41.3 Å². The maximum Gasteiger partial charge on any atom is 0.187 e. The molecule has 0 aliphatic rings. The highest BCUT2D eigenvalue weighted by molar-refractivity contribution is 7.80. The molecule has 1 rings (SSSR count). The fraction of sp³-hybridized carbons (Fsp3) is 0.222. The lowest BCUT2D eigenvalue weighted by atomic mass is 10.2. The number of anilines is 1. The van der Waals surface area contributed by atoms with Gasteiger partial charge in [-0.2, -0.15) is 0 Å². The van der Waals surface area contributed by atoms with Crippen LogP contribution in [0.1, 0.15) is 5.56 Å². The average Bonchev–Trinajstić information content (AvgIpc) is 2.09. The highest BCUT2D eigenvalue weighted by atomic mass is 35.5. The van der Waals surface area contributed by atoms with Crippen LogP contribution in [-0.2, 0) is 0 Å². The van der Waals surface area contributed by atoms with Gasteiger partial charge in [0, 0.05) is 17.8 Å². The SMILES string of the molecule is Cc1cc(Cl)ccc1NC(=S)N(C)N. The lowest BCUT2D eigenvalue weighted by Gasteiger charge is -2.16. The molecule has 0 aliphatic carbocycles. The van der Waals surface area contributed by atoms with Crippen LogP contribution in [0.2, 0.25) is 5.02 Å². The summed E-state index contributed by atoms with van der Waals surface area (Å²) in [5.41, 5.74) is 1.94. The Labute approximate surface area is 93.8 Å². The van der Waals surface area contributed by atoms with Crippen molar-refractivity contribution in [2.45, 2.75) is 6.92 Å². The summed E-state index contributed by atoms with van der Waals surface area (Å²) in [5.74, 6) is 5.47. The summed E-state index contributed by atoms with van der Waals surface area (Å²) in [6.07, 6.45) is 0. The Bertz CT molecular complexity index is 352. The third kappa shape index (κ3) is 2.83. The Balaban J connectivity index is 2.82. The van der Waals surface area contributed by atoms with Gasteiger partial charge < -0.3 is 5.32 Å². The smallest absolute Gasteiger partial charge is 0.187 e. The molecular weight excluding hydrogens is 218 g/mol. The van der Waals surface area contributed by atoms with Gasteiger partial charge in [-0.05, 0) is 42.9 Å². The monoisotopic (exact) mass is 229 g/mol. The van der Waals surface area contributed by atoms with Crippen molar-refractivity contribution in [3.05, 3.63) is 28.8 Å². The van der Waals surface area contributed by atoms with E-state index in [1.807, 2.05) is 19.1 Å². The van der Waals surface area contributed by atoms with Crippen LogP contribution in [0.5, 0.6) is 0 Å². The summed E-state index contributed by atoms with van der Waals surface area (Å²) in [4.78, 5) is 0. The first-order valence-electron chi connectivity index (χ1n) is 4.06. The van der Waals surface area contributed by atoms with Crippen LogP contribution in [0.3, 0.4) is 0 Å². The van der Waals surface area contributed by atoms with Crippen LogP contribution in [0, 0.1) is 6.92 Å². The number of hydrogen-bond acceptors (Lipinski definition) is 2. The number of aryl methyl sites for hydroxylation is 1. The van der Waals surface area contributed by atoms with Gasteiger partial charge in [-0.1, -0.05) is 11.6 Å². The van der Waals surface area contributed by atoms with Crippen LogP contribution < -0.4 is 11.2 Å². The second kappa shape index (κ2) is 4.59. The Hall–Kier alpha value is -0.840. The molecule has 0 saturated carbocycles. The van der Waals surface area contributed by atoms with Crippen molar-refractivity contribution >= 4 is 34.6 Å². The van der Waals surface area contributed by atoms with E-state index in [1.54, 1.807) is 13.1 Å². The van der Waals surface area contributed by atoms with Crippen molar-refractivity contribution in [3.8, 4) is 0 Å². The third-order valence-corrected chi connectivity index (χ3v) is 2.38. The van der Waals surface area contributed by atoms with Gasteiger partial charge in [0.15, 0.2) is 5.11 Å². The van der Waals surface area contributed by atoms with Gasteiger partial charge in [0.05, 0.1) is 0 Å². The number of benzene rings is 1. The van der Waals surface area contributed by atoms with E-state index in [0.717, 1.165) is 11.3 Å². The molecule has 0 spiro atoms. The molecule has 0 saturated heterocycles. The molecule has 1 aromatic rings. The number of rotatable bonds is 1. The van der Waals surface area contributed by atoms with E-state index in [4.69, 9.17) is 29.7 Å². The van der Waals surface area contributed by atoms with Gasteiger partial charge in [0.2, 0.25) is 0 Å². The summed E-state index contributed by atoms with van der Waals surface area (Å²) in [6.45, 7) is 1.95. The molecular formula is C9H12ClN3S. The molecule has 0 heterocycles. The zero-order valence-electron chi connectivity index (χ0n) is 8.04. The summed E-state index contributed by atoms with van der Waals surface area (Å²) in [5, 5.41) is 5.54. The predicted octanol–water partition coefficient (Wildman–Crippen LogP) is 2.15. The average molecular weight is 230 g/mol. The maximum atomic E-state index is 5.82. The highest BCUT2D eigenvalue weighted by Crippen LogP contribution is 2.19. The van der Waals surface area contributed by atoms with E-state index in [1.165, 1.54) is 5.01 Å². The zero-order valence-corrected chi connectivity index (χ0v) is 9.62. The molecule has 5 heteroatoms. The molecule has 0 amide bonds. The number of hydrazine groups is 1. The molecule has 0 unspecified atom stereocenters. The molecule has 0 aliphatic heterocycles. The van der Waals surface area contributed by atoms with Crippen LogP contribution in [0.15, 0.2) is 18.2 Å². The van der Waals surface area contributed by atoms with E-state index < -0.39 is 0 Å². The van der Waals surface area contributed by atoms with E-state index in [2.05, 4.69) is 5.32 Å². The molecule has 0 atom stereocenters. The summed E-state index contributed by atoms with van der Waals surface area (Å²) in [6, 6.07) is 5.53. The molecule has 76 valence electrons.